The molecule has 0 bridgehead atoms. The second-order valence-corrected chi connectivity index (χ2v) is 8.31. The van der Waals surface area contributed by atoms with Crippen LogP contribution >= 0.6 is 0 Å². The van der Waals surface area contributed by atoms with Gasteiger partial charge < -0.3 is 19.8 Å². The van der Waals surface area contributed by atoms with Crippen molar-refractivity contribution in [3.63, 3.8) is 0 Å². The second kappa shape index (κ2) is 9.43. The summed E-state index contributed by atoms with van der Waals surface area (Å²) in [4.78, 5) is 18.4. The molecule has 1 aromatic heterocycles. The number of nitrogens with zero attached hydrogens (tertiary/aromatic N) is 1. The molecule has 3 aromatic rings. The van der Waals surface area contributed by atoms with E-state index in [1.807, 2.05) is 36.5 Å². The number of H-pyrrole nitrogens is 1. The van der Waals surface area contributed by atoms with Gasteiger partial charge in [-0.3, -0.25) is 9.69 Å². The third kappa shape index (κ3) is 4.69. The van der Waals surface area contributed by atoms with Gasteiger partial charge in [0, 0.05) is 29.7 Å². The summed E-state index contributed by atoms with van der Waals surface area (Å²) in [6, 6.07) is 14.5. The number of aromatic amines is 1. The number of hydrogen-bond donors (Lipinski definition) is 2. The van der Waals surface area contributed by atoms with Crippen LogP contribution < -0.4 is 14.8 Å². The number of methoxy groups -OCH3 is 2. The number of carbonyl (C=O) groups excluding carboxylic acids is 1. The van der Waals surface area contributed by atoms with Crippen LogP contribution in [0.1, 0.15) is 30.0 Å². The number of aromatic nitrogens is 1. The molecule has 0 aliphatic carbocycles. The van der Waals surface area contributed by atoms with Gasteiger partial charge in [0.05, 0.1) is 20.6 Å². The number of piperidine rings is 1. The molecule has 1 aliphatic heterocycles. The van der Waals surface area contributed by atoms with Crippen LogP contribution in [-0.2, 0) is 11.2 Å². The Hall–Kier alpha value is -2.99. The van der Waals surface area contributed by atoms with Gasteiger partial charge in [0.2, 0.25) is 5.91 Å². The van der Waals surface area contributed by atoms with Crippen molar-refractivity contribution in [2.24, 2.45) is 5.92 Å². The molecule has 6 nitrogen and oxygen atoms in total. The highest BCUT2D eigenvalue weighted by molar-refractivity contribution is 5.89. The minimum Gasteiger partial charge on any atom is -0.497 e. The van der Waals surface area contributed by atoms with Crippen molar-refractivity contribution in [2.45, 2.75) is 25.3 Å². The van der Waals surface area contributed by atoms with E-state index in [2.05, 4.69) is 34.4 Å². The molecule has 1 amide bonds. The van der Waals surface area contributed by atoms with Crippen LogP contribution in [0.2, 0.25) is 0 Å². The Morgan fingerprint density at radius 3 is 2.61 bits per heavy atom. The second-order valence-electron chi connectivity index (χ2n) is 8.31. The number of benzene rings is 2. The lowest BCUT2D eigenvalue weighted by Gasteiger charge is -2.39. The molecule has 0 saturated carbocycles. The zero-order chi connectivity index (χ0) is 21.8. The normalized spacial score (nSPS) is 19.3. The molecule has 1 fully saturated rings. The highest BCUT2D eigenvalue weighted by Crippen LogP contribution is 2.35. The van der Waals surface area contributed by atoms with Crippen molar-refractivity contribution < 1.29 is 14.3 Å². The molecule has 2 aromatic carbocycles. The zero-order valence-electron chi connectivity index (χ0n) is 18.5. The maximum Gasteiger partial charge on any atom is 0.224 e. The maximum absolute atomic E-state index is 12.8. The lowest BCUT2D eigenvalue weighted by molar-refractivity contribution is -0.120. The maximum atomic E-state index is 12.8. The van der Waals surface area contributed by atoms with E-state index in [1.54, 1.807) is 14.2 Å². The van der Waals surface area contributed by atoms with Crippen LogP contribution in [0.5, 0.6) is 11.5 Å². The van der Waals surface area contributed by atoms with Crippen molar-refractivity contribution in [1.29, 1.82) is 0 Å². The predicted octanol–water partition coefficient (Wildman–Crippen LogP) is 3.93. The van der Waals surface area contributed by atoms with Crippen LogP contribution in [0.4, 0.5) is 0 Å². The average molecular weight is 422 g/mol. The first-order valence-electron chi connectivity index (χ1n) is 10.8. The Balaban J connectivity index is 1.42. The van der Waals surface area contributed by atoms with Crippen molar-refractivity contribution in [3.05, 3.63) is 59.8 Å². The molecule has 31 heavy (non-hydrogen) atoms. The minimum absolute atomic E-state index is 0.0467. The van der Waals surface area contributed by atoms with Gasteiger partial charge in [0.1, 0.15) is 11.5 Å². The number of hydrogen-bond acceptors (Lipinski definition) is 4. The number of fused-ring (bicyclic) bond motifs is 1. The Bertz CT molecular complexity index is 1030. The Kier molecular flexibility index (Phi) is 6.47. The van der Waals surface area contributed by atoms with E-state index < -0.39 is 0 Å². The summed E-state index contributed by atoms with van der Waals surface area (Å²) in [6.45, 7) is 1.74. The molecule has 2 heterocycles. The van der Waals surface area contributed by atoms with Crippen LogP contribution in [0.15, 0.2) is 48.7 Å². The van der Waals surface area contributed by atoms with Gasteiger partial charge >= 0.3 is 0 Å². The van der Waals surface area contributed by atoms with E-state index in [9.17, 15) is 4.79 Å². The largest absolute Gasteiger partial charge is 0.497 e. The van der Waals surface area contributed by atoms with Gasteiger partial charge in [-0.05, 0) is 73.8 Å². The van der Waals surface area contributed by atoms with Gasteiger partial charge in [-0.2, -0.15) is 0 Å². The summed E-state index contributed by atoms with van der Waals surface area (Å²) in [5.41, 5.74) is 3.27. The SMILES string of the molecule is COc1ccc(C2C(CNC(=O)Cc3c[nH]c4ccc(OC)cc34)CCCN2C)cc1. The number of carbonyl (C=O) groups is 1. The standard InChI is InChI=1S/C25H31N3O3/c1-28-12-4-5-18(25(28)17-6-8-20(30-2)9-7-17)15-27-24(29)13-19-16-26-23-11-10-21(31-3)14-22(19)23/h6-11,14,16,18,25-26H,4-5,12-13,15H2,1-3H3,(H,27,29). The minimum atomic E-state index is 0.0467. The molecule has 0 radical (unpaired) electrons. The fourth-order valence-electron chi connectivity index (χ4n) is 4.71. The summed E-state index contributed by atoms with van der Waals surface area (Å²) in [5.74, 6) is 2.08. The van der Waals surface area contributed by atoms with Gasteiger partial charge in [-0.25, -0.2) is 0 Å². The first-order chi connectivity index (χ1) is 15.1. The Labute approximate surface area is 183 Å². The molecule has 2 N–H and O–H groups in total. The highest BCUT2D eigenvalue weighted by Gasteiger charge is 2.30. The molecule has 1 saturated heterocycles. The molecule has 1 aliphatic rings. The van der Waals surface area contributed by atoms with Crippen LogP contribution in [0.3, 0.4) is 0 Å². The van der Waals surface area contributed by atoms with Crippen molar-refractivity contribution in [2.75, 3.05) is 34.4 Å². The van der Waals surface area contributed by atoms with Crippen molar-refractivity contribution in [3.8, 4) is 11.5 Å². The summed E-state index contributed by atoms with van der Waals surface area (Å²) in [5, 5.41) is 4.22. The highest BCUT2D eigenvalue weighted by atomic mass is 16.5. The molecule has 0 spiro atoms. The number of rotatable bonds is 7. The average Bonchev–Trinajstić information content (AvgIpc) is 3.19. The summed E-state index contributed by atoms with van der Waals surface area (Å²) >= 11 is 0. The molecule has 164 valence electrons. The van der Waals surface area contributed by atoms with Gasteiger partial charge in [0.15, 0.2) is 0 Å². The van der Waals surface area contributed by atoms with E-state index in [-0.39, 0.29) is 11.9 Å². The first-order valence-corrected chi connectivity index (χ1v) is 10.8. The molecule has 2 unspecified atom stereocenters. The first kappa shape index (κ1) is 21.2. The van der Waals surface area contributed by atoms with E-state index >= 15 is 0 Å². The third-order valence-electron chi connectivity index (χ3n) is 6.35. The number of ether oxygens (including phenoxy) is 2. The fourth-order valence-corrected chi connectivity index (χ4v) is 4.71. The van der Waals surface area contributed by atoms with Crippen LogP contribution in [0.25, 0.3) is 10.9 Å². The van der Waals surface area contributed by atoms with Crippen molar-refractivity contribution >= 4 is 16.8 Å². The predicted molar refractivity (Wildman–Crippen MR) is 123 cm³/mol. The molecular formula is C25H31N3O3. The van der Waals surface area contributed by atoms with E-state index in [0.717, 1.165) is 47.4 Å². The van der Waals surface area contributed by atoms with Gasteiger partial charge in [-0.15, -0.1) is 0 Å². The summed E-state index contributed by atoms with van der Waals surface area (Å²) in [6.07, 6.45) is 4.51. The molecule has 4 rings (SSSR count). The zero-order valence-corrected chi connectivity index (χ0v) is 18.5. The lowest BCUT2D eigenvalue weighted by Crippen LogP contribution is -2.42. The summed E-state index contributed by atoms with van der Waals surface area (Å²) < 4.78 is 10.6. The van der Waals surface area contributed by atoms with Crippen LogP contribution in [-0.4, -0.2) is 50.1 Å². The number of likely N-dealkylation sites (tertiary alicyclic amines) is 1. The molecular weight excluding hydrogens is 390 g/mol. The monoisotopic (exact) mass is 421 g/mol. The number of nitrogens with one attached hydrogen (secondary N) is 2. The van der Waals surface area contributed by atoms with Crippen LogP contribution in [0, 0.1) is 5.92 Å². The van der Waals surface area contributed by atoms with Gasteiger partial charge in [-0.1, -0.05) is 12.1 Å². The van der Waals surface area contributed by atoms with E-state index in [4.69, 9.17) is 9.47 Å². The third-order valence-corrected chi connectivity index (χ3v) is 6.35. The lowest BCUT2D eigenvalue weighted by atomic mass is 9.85. The molecule has 6 heteroatoms. The topological polar surface area (TPSA) is 66.6 Å². The Morgan fingerprint density at radius 2 is 1.87 bits per heavy atom. The van der Waals surface area contributed by atoms with E-state index in [1.165, 1.54) is 5.56 Å². The van der Waals surface area contributed by atoms with Crippen molar-refractivity contribution in [1.82, 2.24) is 15.2 Å². The number of amides is 1. The quantitative estimate of drug-likeness (QED) is 0.607. The summed E-state index contributed by atoms with van der Waals surface area (Å²) in [7, 11) is 5.51. The Morgan fingerprint density at radius 1 is 1.13 bits per heavy atom. The van der Waals surface area contributed by atoms with E-state index in [0.29, 0.717) is 18.9 Å². The smallest absolute Gasteiger partial charge is 0.224 e. The molecule has 2 atom stereocenters. The van der Waals surface area contributed by atoms with Gasteiger partial charge in [0.25, 0.3) is 0 Å². The fraction of sp³-hybridized carbons (Fsp3) is 0.400.